The van der Waals surface area contributed by atoms with E-state index in [4.69, 9.17) is 4.74 Å². The SMILES string of the molecule is Cc1cc(I)cc(C)c1NC(=O)[C@@H](C)NC(=O)OCc1ccccc1. The summed E-state index contributed by atoms with van der Waals surface area (Å²) in [4.78, 5) is 24.2. The molecule has 132 valence electrons. The summed E-state index contributed by atoms with van der Waals surface area (Å²) >= 11 is 2.24. The largest absolute Gasteiger partial charge is 0.445 e. The van der Waals surface area contributed by atoms with Crippen molar-refractivity contribution in [2.75, 3.05) is 5.32 Å². The van der Waals surface area contributed by atoms with Crippen LogP contribution in [0.15, 0.2) is 42.5 Å². The molecule has 0 saturated carbocycles. The standard InChI is InChI=1S/C19H21IN2O3/c1-12-9-16(20)10-13(2)17(12)22-18(23)14(3)21-19(24)25-11-15-7-5-4-6-8-15/h4-10,14H,11H2,1-3H3,(H,21,24)(H,22,23)/t14-/m1/s1. The Labute approximate surface area is 161 Å². The van der Waals surface area contributed by atoms with Crippen LogP contribution < -0.4 is 10.6 Å². The zero-order chi connectivity index (χ0) is 18.4. The lowest BCUT2D eigenvalue weighted by molar-refractivity contribution is -0.117. The summed E-state index contributed by atoms with van der Waals surface area (Å²) in [5, 5.41) is 5.42. The van der Waals surface area contributed by atoms with Gasteiger partial charge in [-0.25, -0.2) is 4.79 Å². The van der Waals surface area contributed by atoms with Crippen LogP contribution in [0.2, 0.25) is 0 Å². The van der Waals surface area contributed by atoms with E-state index in [2.05, 4.69) is 33.2 Å². The van der Waals surface area contributed by atoms with E-state index < -0.39 is 12.1 Å². The number of hydrogen-bond acceptors (Lipinski definition) is 3. The third-order valence-electron chi connectivity index (χ3n) is 3.69. The van der Waals surface area contributed by atoms with Crippen LogP contribution in [0.5, 0.6) is 0 Å². The fourth-order valence-electron chi connectivity index (χ4n) is 2.35. The summed E-state index contributed by atoms with van der Waals surface area (Å²) in [5.74, 6) is -0.288. The van der Waals surface area contributed by atoms with Gasteiger partial charge in [-0.1, -0.05) is 30.3 Å². The molecule has 0 bridgehead atoms. The molecule has 2 N–H and O–H groups in total. The third-order valence-corrected chi connectivity index (χ3v) is 4.31. The summed E-state index contributed by atoms with van der Waals surface area (Å²) in [7, 11) is 0. The average Bonchev–Trinajstić information content (AvgIpc) is 2.57. The zero-order valence-corrected chi connectivity index (χ0v) is 16.6. The van der Waals surface area contributed by atoms with Gasteiger partial charge in [-0.15, -0.1) is 0 Å². The number of hydrogen-bond donors (Lipinski definition) is 2. The smallest absolute Gasteiger partial charge is 0.408 e. The maximum atomic E-state index is 12.3. The number of nitrogens with one attached hydrogen (secondary N) is 2. The van der Waals surface area contributed by atoms with Crippen LogP contribution in [0.1, 0.15) is 23.6 Å². The van der Waals surface area contributed by atoms with E-state index in [0.29, 0.717) is 0 Å². The van der Waals surface area contributed by atoms with Gasteiger partial charge < -0.3 is 15.4 Å². The number of carbonyl (C=O) groups excluding carboxylic acids is 2. The Bertz CT molecular complexity index is 740. The summed E-state index contributed by atoms with van der Waals surface area (Å²) in [5.41, 5.74) is 3.63. The van der Waals surface area contributed by atoms with E-state index in [1.807, 2.05) is 56.3 Å². The second-order valence-corrected chi connectivity index (χ2v) is 7.08. The molecule has 5 nitrogen and oxygen atoms in total. The van der Waals surface area contributed by atoms with E-state index >= 15 is 0 Å². The molecule has 2 aromatic rings. The number of anilines is 1. The van der Waals surface area contributed by atoms with Gasteiger partial charge in [0, 0.05) is 9.26 Å². The van der Waals surface area contributed by atoms with Gasteiger partial charge >= 0.3 is 6.09 Å². The molecule has 2 aromatic carbocycles. The molecule has 2 amide bonds. The molecule has 0 fully saturated rings. The first-order chi connectivity index (χ1) is 11.9. The highest BCUT2D eigenvalue weighted by Crippen LogP contribution is 2.23. The van der Waals surface area contributed by atoms with Crippen molar-refractivity contribution in [3.63, 3.8) is 0 Å². The van der Waals surface area contributed by atoms with Crippen LogP contribution in [-0.2, 0) is 16.1 Å². The van der Waals surface area contributed by atoms with Crippen molar-refractivity contribution < 1.29 is 14.3 Å². The van der Waals surface area contributed by atoms with E-state index in [1.54, 1.807) is 6.92 Å². The van der Waals surface area contributed by atoms with Crippen molar-refractivity contribution in [1.82, 2.24) is 5.32 Å². The monoisotopic (exact) mass is 452 g/mol. The van der Waals surface area contributed by atoms with Gasteiger partial charge in [0.15, 0.2) is 0 Å². The first-order valence-electron chi connectivity index (χ1n) is 7.91. The number of amides is 2. The number of rotatable bonds is 5. The molecular weight excluding hydrogens is 431 g/mol. The Morgan fingerprint density at radius 1 is 1.12 bits per heavy atom. The maximum Gasteiger partial charge on any atom is 0.408 e. The molecule has 0 unspecified atom stereocenters. The number of benzene rings is 2. The predicted octanol–water partition coefficient (Wildman–Crippen LogP) is 4.16. The lowest BCUT2D eigenvalue weighted by atomic mass is 10.1. The van der Waals surface area contributed by atoms with Gasteiger partial charge in [0.05, 0.1) is 0 Å². The Morgan fingerprint density at radius 2 is 1.72 bits per heavy atom. The Morgan fingerprint density at radius 3 is 2.32 bits per heavy atom. The van der Waals surface area contributed by atoms with Crippen molar-refractivity contribution in [2.24, 2.45) is 0 Å². The summed E-state index contributed by atoms with van der Waals surface area (Å²) in [6.07, 6.45) is -0.623. The van der Waals surface area contributed by atoms with Gasteiger partial charge in [0.2, 0.25) is 5.91 Å². The van der Waals surface area contributed by atoms with Crippen molar-refractivity contribution >= 4 is 40.3 Å². The van der Waals surface area contributed by atoms with E-state index in [9.17, 15) is 9.59 Å². The minimum atomic E-state index is -0.707. The molecule has 6 heteroatoms. The van der Waals surface area contributed by atoms with Crippen LogP contribution in [-0.4, -0.2) is 18.0 Å². The van der Waals surface area contributed by atoms with E-state index in [-0.39, 0.29) is 12.5 Å². The van der Waals surface area contributed by atoms with Gasteiger partial charge in [-0.3, -0.25) is 4.79 Å². The fourth-order valence-corrected chi connectivity index (χ4v) is 3.28. The number of aryl methyl sites for hydroxylation is 2. The van der Waals surface area contributed by atoms with Crippen molar-refractivity contribution in [3.05, 3.63) is 62.7 Å². The van der Waals surface area contributed by atoms with E-state index in [0.717, 1.165) is 25.9 Å². The highest BCUT2D eigenvalue weighted by molar-refractivity contribution is 14.1. The molecule has 0 saturated heterocycles. The van der Waals surface area contributed by atoms with Crippen molar-refractivity contribution in [1.29, 1.82) is 0 Å². The normalized spacial score (nSPS) is 11.5. The lowest BCUT2D eigenvalue weighted by Crippen LogP contribution is -2.42. The van der Waals surface area contributed by atoms with Crippen LogP contribution in [0, 0.1) is 17.4 Å². The summed E-state index contributed by atoms with van der Waals surface area (Å²) in [6.45, 7) is 5.67. The van der Waals surface area contributed by atoms with Gasteiger partial charge in [0.1, 0.15) is 12.6 Å². The quantitative estimate of drug-likeness (QED) is 0.670. The first-order valence-corrected chi connectivity index (χ1v) is 8.99. The molecular formula is C19H21IN2O3. The average molecular weight is 452 g/mol. The van der Waals surface area contributed by atoms with Gasteiger partial charge in [-0.05, 0) is 72.2 Å². The molecule has 0 heterocycles. The summed E-state index contributed by atoms with van der Waals surface area (Å²) < 4.78 is 6.24. The number of ether oxygens (including phenoxy) is 1. The highest BCUT2D eigenvalue weighted by atomic mass is 127. The Balaban J connectivity index is 1.89. The zero-order valence-electron chi connectivity index (χ0n) is 14.4. The maximum absolute atomic E-state index is 12.3. The molecule has 0 aromatic heterocycles. The van der Waals surface area contributed by atoms with Crippen molar-refractivity contribution in [2.45, 2.75) is 33.4 Å². The first kappa shape index (κ1) is 19.2. The minimum Gasteiger partial charge on any atom is -0.445 e. The van der Waals surface area contributed by atoms with Crippen LogP contribution in [0.25, 0.3) is 0 Å². The second kappa shape index (κ2) is 8.84. The van der Waals surface area contributed by atoms with Crippen molar-refractivity contribution in [3.8, 4) is 0 Å². The van der Waals surface area contributed by atoms with Gasteiger partial charge in [-0.2, -0.15) is 0 Å². The number of halogens is 1. The van der Waals surface area contributed by atoms with Gasteiger partial charge in [0.25, 0.3) is 0 Å². The number of carbonyl (C=O) groups is 2. The fraction of sp³-hybridized carbons (Fsp3) is 0.263. The highest BCUT2D eigenvalue weighted by Gasteiger charge is 2.18. The Kier molecular flexibility index (Phi) is 6.81. The molecule has 0 radical (unpaired) electrons. The molecule has 0 aliphatic rings. The molecule has 0 aliphatic heterocycles. The molecule has 0 spiro atoms. The van der Waals surface area contributed by atoms with E-state index in [1.165, 1.54) is 0 Å². The molecule has 0 aliphatic carbocycles. The van der Waals surface area contributed by atoms with Crippen LogP contribution >= 0.6 is 22.6 Å². The minimum absolute atomic E-state index is 0.163. The Hall–Kier alpha value is -2.09. The van der Waals surface area contributed by atoms with Crippen LogP contribution in [0.3, 0.4) is 0 Å². The second-order valence-electron chi connectivity index (χ2n) is 5.83. The topological polar surface area (TPSA) is 67.4 Å². The lowest BCUT2D eigenvalue weighted by Gasteiger charge is -2.17. The third kappa shape index (κ3) is 5.74. The predicted molar refractivity (Wildman–Crippen MR) is 106 cm³/mol. The number of alkyl carbamates (subject to hydrolysis) is 1. The molecule has 1 atom stereocenters. The molecule has 25 heavy (non-hydrogen) atoms. The summed E-state index contributed by atoms with van der Waals surface area (Å²) in [6, 6.07) is 12.7. The van der Waals surface area contributed by atoms with Crippen LogP contribution in [0.4, 0.5) is 10.5 Å². The molecule has 2 rings (SSSR count).